The maximum Gasteiger partial charge on any atom is 0.240 e. The molecule has 2 aromatic rings. The topological polar surface area (TPSA) is 82.6 Å². The highest BCUT2D eigenvalue weighted by Crippen LogP contribution is 2.11. The molecule has 0 aliphatic heterocycles. The van der Waals surface area contributed by atoms with Crippen molar-refractivity contribution in [2.45, 2.75) is 24.8 Å². The zero-order valence-corrected chi connectivity index (χ0v) is 19.8. The van der Waals surface area contributed by atoms with Crippen molar-refractivity contribution in [1.29, 1.82) is 0 Å². The van der Waals surface area contributed by atoms with Gasteiger partial charge in [0.25, 0.3) is 0 Å². The number of nitrogens with zero attached hydrogens (tertiary/aromatic N) is 1. The lowest BCUT2D eigenvalue weighted by Gasteiger charge is -2.11. The number of sulfonamides is 1. The third kappa shape index (κ3) is 7.94. The van der Waals surface area contributed by atoms with E-state index in [4.69, 9.17) is 11.6 Å². The van der Waals surface area contributed by atoms with Gasteiger partial charge >= 0.3 is 0 Å². The van der Waals surface area contributed by atoms with E-state index in [2.05, 4.69) is 20.3 Å². The first-order valence-corrected chi connectivity index (χ1v) is 10.6. The van der Waals surface area contributed by atoms with Gasteiger partial charge in [0.05, 0.1) is 11.4 Å². The molecule has 0 aliphatic carbocycles. The summed E-state index contributed by atoms with van der Waals surface area (Å²) >= 11 is 6.00. The Labute approximate surface area is 189 Å². The van der Waals surface area contributed by atoms with Gasteiger partial charge < -0.3 is 10.6 Å². The van der Waals surface area contributed by atoms with E-state index in [0.29, 0.717) is 12.5 Å². The Morgan fingerprint density at radius 1 is 1.07 bits per heavy atom. The number of hydrogen-bond acceptors (Lipinski definition) is 3. The summed E-state index contributed by atoms with van der Waals surface area (Å²) in [4.78, 5) is 4.79. The maximum atomic E-state index is 11.8. The molecule has 0 bridgehead atoms. The third-order valence-electron chi connectivity index (χ3n) is 3.86. The Bertz CT molecular complexity index is 874. The first kappa shape index (κ1) is 24.7. The molecule has 0 saturated heterocycles. The second-order valence-corrected chi connectivity index (χ2v) is 8.18. The molecule has 0 radical (unpaired) electrons. The van der Waals surface area contributed by atoms with E-state index in [9.17, 15) is 8.42 Å². The van der Waals surface area contributed by atoms with Crippen LogP contribution in [-0.4, -0.2) is 34.5 Å². The fourth-order valence-corrected chi connectivity index (χ4v) is 3.36. The Hall–Kier alpha value is -1.36. The summed E-state index contributed by atoms with van der Waals surface area (Å²) in [5, 5.41) is 7.23. The molecule has 0 aromatic heterocycles. The van der Waals surface area contributed by atoms with Crippen molar-refractivity contribution in [3.05, 3.63) is 64.7 Å². The number of guanidine groups is 1. The molecule has 3 N–H and O–H groups in total. The number of benzene rings is 2. The highest BCUT2D eigenvalue weighted by atomic mass is 127. The molecule has 9 heteroatoms. The van der Waals surface area contributed by atoms with Crippen molar-refractivity contribution in [3.8, 4) is 0 Å². The van der Waals surface area contributed by atoms with Crippen LogP contribution >= 0.6 is 35.6 Å². The smallest absolute Gasteiger partial charge is 0.240 e. The highest BCUT2D eigenvalue weighted by molar-refractivity contribution is 14.0. The van der Waals surface area contributed by atoms with E-state index in [1.54, 1.807) is 24.3 Å². The molecule has 2 rings (SSSR count). The molecule has 0 atom stereocenters. The van der Waals surface area contributed by atoms with Crippen LogP contribution in [0, 0.1) is 0 Å². The molecule has 28 heavy (non-hydrogen) atoms. The lowest BCUT2D eigenvalue weighted by molar-refractivity contribution is 0.588. The fourth-order valence-electron chi connectivity index (χ4n) is 2.42. The van der Waals surface area contributed by atoms with Crippen LogP contribution in [0.3, 0.4) is 0 Å². The Kier molecular flexibility index (Phi) is 10.8. The predicted molar refractivity (Wildman–Crippen MR) is 126 cm³/mol. The quantitative estimate of drug-likeness (QED) is 0.275. The van der Waals surface area contributed by atoms with Gasteiger partial charge in [0.2, 0.25) is 10.0 Å². The Morgan fingerprint density at radius 2 is 1.79 bits per heavy atom. The summed E-state index contributed by atoms with van der Waals surface area (Å²) in [5.74, 6) is 0.714. The first-order chi connectivity index (χ1) is 12.9. The summed E-state index contributed by atoms with van der Waals surface area (Å²) in [7, 11) is -2.02. The van der Waals surface area contributed by atoms with Crippen LogP contribution in [0.4, 0.5) is 0 Å². The monoisotopic (exact) mass is 536 g/mol. The van der Waals surface area contributed by atoms with Gasteiger partial charge in [-0.2, -0.15) is 0 Å². The molecule has 154 valence electrons. The van der Waals surface area contributed by atoms with Crippen molar-refractivity contribution in [1.82, 2.24) is 15.4 Å². The maximum absolute atomic E-state index is 11.8. The Balaban J connectivity index is 0.00000392. The van der Waals surface area contributed by atoms with Gasteiger partial charge in [-0.3, -0.25) is 0 Å². The molecule has 0 saturated carbocycles. The fraction of sp³-hybridized carbons (Fsp3) is 0.316. The van der Waals surface area contributed by atoms with Gasteiger partial charge in [-0.25, -0.2) is 18.1 Å². The number of halogens is 2. The lowest BCUT2D eigenvalue weighted by atomic mass is 10.1. The van der Waals surface area contributed by atoms with Crippen molar-refractivity contribution in [2.24, 2.45) is 4.99 Å². The second kappa shape index (κ2) is 12.3. The molecule has 2 aromatic carbocycles. The summed E-state index contributed by atoms with van der Waals surface area (Å²) in [6.07, 6.45) is 0.835. The van der Waals surface area contributed by atoms with Crippen LogP contribution in [-0.2, 0) is 23.0 Å². The van der Waals surface area contributed by atoms with Crippen LogP contribution in [0.1, 0.15) is 18.1 Å². The summed E-state index contributed by atoms with van der Waals surface area (Å²) in [6, 6.07) is 14.5. The molecule has 0 aliphatic rings. The van der Waals surface area contributed by atoms with Gasteiger partial charge in [-0.1, -0.05) is 35.9 Å². The number of aliphatic imine (C=N–C) groups is 1. The minimum absolute atomic E-state index is 0. The van der Waals surface area contributed by atoms with E-state index in [0.717, 1.165) is 35.7 Å². The summed E-state index contributed by atoms with van der Waals surface area (Å²) in [6.45, 7) is 3.94. The minimum atomic E-state index is -3.42. The third-order valence-corrected chi connectivity index (χ3v) is 5.53. The largest absolute Gasteiger partial charge is 0.357 e. The van der Waals surface area contributed by atoms with E-state index >= 15 is 0 Å². The van der Waals surface area contributed by atoms with Gasteiger partial charge in [0.1, 0.15) is 0 Å². The average molecular weight is 537 g/mol. The normalized spacial score (nSPS) is 11.6. The van der Waals surface area contributed by atoms with Crippen LogP contribution in [0.5, 0.6) is 0 Å². The summed E-state index contributed by atoms with van der Waals surface area (Å²) < 4.78 is 25.8. The zero-order valence-electron chi connectivity index (χ0n) is 15.9. The molecule has 0 fully saturated rings. The molecular weight excluding hydrogens is 511 g/mol. The zero-order chi connectivity index (χ0) is 19.7. The average Bonchev–Trinajstić information content (AvgIpc) is 2.66. The second-order valence-electron chi connectivity index (χ2n) is 5.85. The lowest BCUT2D eigenvalue weighted by Crippen LogP contribution is -2.38. The van der Waals surface area contributed by atoms with Crippen molar-refractivity contribution < 1.29 is 8.42 Å². The van der Waals surface area contributed by atoms with Crippen LogP contribution in [0.15, 0.2) is 58.4 Å². The Morgan fingerprint density at radius 3 is 2.39 bits per heavy atom. The minimum Gasteiger partial charge on any atom is -0.357 e. The first-order valence-electron chi connectivity index (χ1n) is 8.73. The van der Waals surface area contributed by atoms with E-state index < -0.39 is 10.0 Å². The van der Waals surface area contributed by atoms with E-state index in [-0.39, 0.29) is 28.9 Å². The van der Waals surface area contributed by atoms with E-state index in [1.807, 2.05) is 31.2 Å². The van der Waals surface area contributed by atoms with Crippen molar-refractivity contribution >= 4 is 51.6 Å². The number of rotatable bonds is 8. The molecule has 0 unspecified atom stereocenters. The standard InChI is InChI=1S/C19H25ClN4O2S.HI/c1-3-22-19(23-12-11-15-5-4-6-17(20)13-15)24-14-16-7-9-18(10-8-16)27(25,26)21-2;/h4-10,13,21H,3,11-12,14H2,1-2H3,(H2,22,23,24);1H. The van der Waals surface area contributed by atoms with Crippen LogP contribution in [0.2, 0.25) is 5.02 Å². The van der Waals surface area contributed by atoms with Gasteiger partial charge in [0.15, 0.2) is 5.96 Å². The van der Waals surface area contributed by atoms with Gasteiger partial charge in [-0.05, 0) is 55.8 Å². The van der Waals surface area contributed by atoms with Gasteiger partial charge in [-0.15, -0.1) is 24.0 Å². The number of nitrogens with one attached hydrogen (secondary N) is 3. The molecule has 6 nitrogen and oxygen atoms in total. The summed E-state index contributed by atoms with van der Waals surface area (Å²) in [5.41, 5.74) is 2.09. The SMILES string of the molecule is CCNC(=NCc1ccc(S(=O)(=O)NC)cc1)NCCc1cccc(Cl)c1.I. The van der Waals surface area contributed by atoms with Gasteiger partial charge in [0, 0.05) is 18.1 Å². The van der Waals surface area contributed by atoms with Crippen LogP contribution in [0.25, 0.3) is 0 Å². The number of hydrogen-bond donors (Lipinski definition) is 3. The highest BCUT2D eigenvalue weighted by Gasteiger charge is 2.10. The van der Waals surface area contributed by atoms with Crippen LogP contribution < -0.4 is 15.4 Å². The molecular formula is C19H26ClIN4O2S. The molecule has 0 spiro atoms. The predicted octanol–water partition coefficient (Wildman–Crippen LogP) is 3.16. The van der Waals surface area contributed by atoms with E-state index in [1.165, 1.54) is 7.05 Å². The molecule has 0 amide bonds. The van der Waals surface area contributed by atoms with Crippen molar-refractivity contribution in [3.63, 3.8) is 0 Å². The van der Waals surface area contributed by atoms with Crippen molar-refractivity contribution in [2.75, 3.05) is 20.1 Å². The molecule has 0 heterocycles.